The highest BCUT2D eigenvalue weighted by molar-refractivity contribution is 5.83. The zero-order valence-electron chi connectivity index (χ0n) is 17.0. The predicted octanol–water partition coefficient (Wildman–Crippen LogP) is 2.92. The molecule has 160 valence electrons. The Morgan fingerprint density at radius 3 is 2.81 bits per heavy atom. The lowest BCUT2D eigenvalue weighted by Crippen LogP contribution is -2.24. The van der Waals surface area contributed by atoms with Gasteiger partial charge in [0, 0.05) is 13.3 Å². The minimum Gasteiger partial charge on any atom is -0.368 e. The minimum absolute atomic E-state index is 0.172. The first-order valence-electron chi connectivity index (χ1n) is 10.1. The topological polar surface area (TPSA) is 100 Å². The van der Waals surface area contributed by atoms with E-state index in [2.05, 4.69) is 20.1 Å². The molecule has 0 radical (unpaired) electrons. The van der Waals surface area contributed by atoms with Crippen LogP contribution in [-0.4, -0.2) is 36.2 Å². The molecular formula is C22H17FN6O3. The maximum atomic E-state index is 14.1. The molecular weight excluding hydrogens is 415 g/mol. The van der Waals surface area contributed by atoms with Crippen LogP contribution in [0.2, 0.25) is 0 Å². The van der Waals surface area contributed by atoms with Gasteiger partial charge < -0.3 is 9.26 Å². The second-order valence-electron chi connectivity index (χ2n) is 7.78. The summed E-state index contributed by atoms with van der Waals surface area (Å²) in [5, 5.41) is 4.05. The van der Waals surface area contributed by atoms with Crippen molar-refractivity contribution < 1.29 is 13.7 Å². The molecule has 32 heavy (non-hydrogen) atoms. The number of methoxy groups -OCH3 is 1. The number of pyridine rings is 1. The Balaban J connectivity index is 1.59. The second-order valence-corrected chi connectivity index (χ2v) is 7.78. The molecule has 1 aromatic carbocycles. The third-order valence-electron chi connectivity index (χ3n) is 5.87. The Morgan fingerprint density at radius 1 is 1.19 bits per heavy atom. The number of hydrogen-bond donors (Lipinski definition) is 0. The van der Waals surface area contributed by atoms with Crippen LogP contribution in [0.25, 0.3) is 28.1 Å². The van der Waals surface area contributed by atoms with Crippen molar-refractivity contribution in [3.63, 3.8) is 0 Å². The molecule has 1 aliphatic carbocycles. The lowest BCUT2D eigenvalue weighted by molar-refractivity contribution is 0.0492. The summed E-state index contributed by atoms with van der Waals surface area (Å²) < 4.78 is 28.1. The number of aromatic nitrogens is 6. The van der Waals surface area contributed by atoms with E-state index >= 15 is 0 Å². The van der Waals surface area contributed by atoms with E-state index in [1.165, 1.54) is 23.0 Å². The normalized spacial score (nSPS) is 14.9. The molecule has 6 rings (SSSR count). The number of imidazole rings is 1. The number of fused-ring (bicyclic) bond motifs is 3. The molecule has 1 saturated carbocycles. The fourth-order valence-electron chi connectivity index (χ4n) is 3.99. The smallest absolute Gasteiger partial charge is 0.278 e. The highest BCUT2D eigenvalue weighted by atomic mass is 19.1. The Bertz CT molecular complexity index is 1530. The number of ether oxygens (including phenoxy) is 1. The molecule has 0 bridgehead atoms. The zero-order valence-corrected chi connectivity index (χ0v) is 17.0. The molecule has 0 unspecified atom stereocenters. The van der Waals surface area contributed by atoms with Gasteiger partial charge in [-0.25, -0.2) is 9.37 Å². The van der Waals surface area contributed by atoms with Gasteiger partial charge in [-0.1, -0.05) is 11.2 Å². The fraction of sp³-hybridized carbons (Fsp3) is 0.227. The molecule has 4 aromatic heterocycles. The van der Waals surface area contributed by atoms with Crippen molar-refractivity contribution >= 4 is 16.6 Å². The van der Waals surface area contributed by atoms with Crippen molar-refractivity contribution in [1.29, 1.82) is 0 Å². The van der Waals surface area contributed by atoms with Gasteiger partial charge in [-0.15, -0.1) is 0 Å². The third kappa shape index (κ3) is 2.76. The molecule has 4 heterocycles. The van der Waals surface area contributed by atoms with Crippen LogP contribution in [0.5, 0.6) is 0 Å². The maximum absolute atomic E-state index is 14.1. The zero-order chi connectivity index (χ0) is 21.9. The summed E-state index contributed by atoms with van der Waals surface area (Å²) in [5.74, 6) is 0.130. The van der Waals surface area contributed by atoms with Crippen molar-refractivity contribution in [3.8, 4) is 11.5 Å². The molecule has 0 aliphatic heterocycles. The van der Waals surface area contributed by atoms with Gasteiger partial charge in [0.2, 0.25) is 5.82 Å². The quantitative estimate of drug-likeness (QED) is 0.421. The van der Waals surface area contributed by atoms with E-state index in [1.54, 1.807) is 29.8 Å². The summed E-state index contributed by atoms with van der Waals surface area (Å²) in [5.41, 5.74) is 1.37. The van der Waals surface area contributed by atoms with E-state index in [-0.39, 0.29) is 29.1 Å². The molecule has 0 N–H and O–H groups in total. The molecule has 10 heteroatoms. The van der Waals surface area contributed by atoms with Gasteiger partial charge >= 0.3 is 0 Å². The molecule has 9 nitrogen and oxygen atoms in total. The number of rotatable bonds is 5. The largest absolute Gasteiger partial charge is 0.368 e. The summed E-state index contributed by atoms with van der Waals surface area (Å²) >= 11 is 0. The molecule has 0 amide bonds. The highest BCUT2D eigenvalue weighted by Gasteiger charge is 2.50. The Morgan fingerprint density at radius 2 is 2.06 bits per heavy atom. The first-order valence-corrected chi connectivity index (χ1v) is 10.1. The van der Waals surface area contributed by atoms with E-state index in [1.807, 2.05) is 12.1 Å². The van der Waals surface area contributed by atoms with Gasteiger partial charge in [0.1, 0.15) is 29.0 Å². The van der Waals surface area contributed by atoms with Gasteiger partial charge in [-0.05, 0) is 43.2 Å². The van der Waals surface area contributed by atoms with Crippen molar-refractivity contribution in [2.75, 3.05) is 7.11 Å². The molecule has 1 aliphatic rings. The monoisotopic (exact) mass is 432 g/mol. The van der Waals surface area contributed by atoms with Crippen LogP contribution in [0.15, 0.2) is 58.2 Å². The van der Waals surface area contributed by atoms with Crippen molar-refractivity contribution in [1.82, 2.24) is 29.1 Å². The van der Waals surface area contributed by atoms with Crippen LogP contribution in [0.1, 0.15) is 24.4 Å². The van der Waals surface area contributed by atoms with Crippen molar-refractivity contribution in [2.24, 2.45) is 0 Å². The van der Waals surface area contributed by atoms with Crippen LogP contribution < -0.4 is 5.56 Å². The Hall–Kier alpha value is -3.92. The SMILES string of the molecule is COC1(c2nc(-c3ncn4c3c(=O)n(Cc3ccccn3)c3cc(F)ccc34)no2)CC1. The first kappa shape index (κ1) is 18.8. The lowest BCUT2D eigenvalue weighted by atomic mass is 10.2. The highest BCUT2D eigenvalue weighted by Crippen LogP contribution is 2.48. The van der Waals surface area contributed by atoms with Crippen LogP contribution in [0, 0.1) is 5.82 Å². The number of nitrogens with zero attached hydrogens (tertiary/aromatic N) is 6. The summed E-state index contributed by atoms with van der Waals surface area (Å²) in [4.78, 5) is 26.8. The van der Waals surface area contributed by atoms with Gasteiger partial charge in [0.25, 0.3) is 11.4 Å². The van der Waals surface area contributed by atoms with E-state index in [0.29, 0.717) is 22.6 Å². The number of benzene rings is 1. The summed E-state index contributed by atoms with van der Waals surface area (Å²) in [6, 6.07) is 9.74. The molecule has 0 atom stereocenters. The van der Waals surface area contributed by atoms with Gasteiger partial charge in [0.15, 0.2) is 0 Å². The molecule has 1 fully saturated rings. The summed E-state index contributed by atoms with van der Waals surface area (Å²) in [7, 11) is 1.60. The number of halogens is 1. The minimum atomic E-state index is -0.551. The standard InChI is InChI=1S/C22H17FN6O3/c1-31-22(7-8-22)21-26-19(27-32-21)17-18-20(30)28(11-14-4-2-3-9-24-14)16-10-13(23)5-6-15(16)29(18)12-25-17/h2-6,9-10,12H,7-8,11H2,1H3. The predicted molar refractivity (Wildman–Crippen MR) is 111 cm³/mol. The van der Waals surface area contributed by atoms with E-state index < -0.39 is 11.4 Å². The first-order chi connectivity index (χ1) is 15.6. The molecule has 0 spiro atoms. The summed E-state index contributed by atoms with van der Waals surface area (Å²) in [6.07, 6.45) is 4.75. The second kappa shape index (κ2) is 6.79. The fourth-order valence-corrected chi connectivity index (χ4v) is 3.99. The van der Waals surface area contributed by atoms with Crippen LogP contribution in [0.4, 0.5) is 4.39 Å². The van der Waals surface area contributed by atoms with Gasteiger partial charge in [-0.3, -0.25) is 18.7 Å². The van der Waals surface area contributed by atoms with Gasteiger partial charge in [-0.2, -0.15) is 4.98 Å². The van der Waals surface area contributed by atoms with Crippen LogP contribution in [-0.2, 0) is 16.9 Å². The average molecular weight is 432 g/mol. The Kier molecular flexibility index (Phi) is 3.99. The number of hydrogen-bond acceptors (Lipinski definition) is 7. The van der Waals surface area contributed by atoms with Gasteiger partial charge in [0.05, 0.1) is 23.3 Å². The maximum Gasteiger partial charge on any atom is 0.278 e. The van der Waals surface area contributed by atoms with E-state index in [0.717, 1.165) is 12.8 Å². The lowest BCUT2D eigenvalue weighted by Gasteiger charge is -2.12. The van der Waals surface area contributed by atoms with E-state index in [4.69, 9.17) is 9.26 Å². The third-order valence-corrected chi connectivity index (χ3v) is 5.87. The average Bonchev–Trinajstić information content (AvgIpc) is 3.23. The van der Waals surface area contributed by atoms with Crippen LogP contribution >= 0.6 is 0 Å². The Labute approximate surface area is 180 Å². The molecule has 5 aromatic rings. The van der Waals surface area contributed by atoms with Crippen molar-refractivity contribution in [2.45, 2.75) is 25.0 Å². The molecule has 0 saturated heterocycles. The summed E-state index contributed by atoms with van der Waals surface area (Å²) in [6.45, 7) is 0.172. The van der Waals surface area contributed by atoms with Crippen molar-refractivity contribution in [3.05, 3.63) is 76.7 Å². The van der Waals surface area contributed by atoms with Crippen LogP contribution in [0.3, 0.4) is 0 Å². The van der Waals surface area contributed by atoms with E-state index in [9.17, 15) is 9.18 Å².